The molecule has 0 bridgehead atoms. The summed E-state index contributed by atoms with van der Waals surface area (Å²) in [6.45, 7) is 1.64. The second-order valence-electron chi connectivity index (χ2n) is 6.17. The first-order chi connectivity index (χ1) is 9.68. The van der Waals surface area contributed by atoms with Crippen LogP contribution in [0.3, 0.4) is 0 Å². The van der Waals surface area contributed by atoms with Gasteiger partial charge in [-0.05, 0) is 49.3 Å². The molecule has 3 N–H and O–H groups in total. The van der Waals surface area contributed by atoms with Crippen LogP contribution in [-0.2, 0) is 5.41 Å². The fourth-order valence-corrected chi connectivity index (χ4v) is 2.73. The fourth-order valence-electron chi connectivity index (χ4n) is 2.73. The summed E-state index contributed by atoms with van der Waals surface area (Å²) >= 11 is 0. The van der Waals surface area contributed by atoms with E-state index in [9.17, 15) is 4.39 Å². The smallest absolute Gasteiger partial charge is 0.188 e. The number of guanidine groups is 1. The number of hydrogen-bond donors (Lipinski definition) is 2. The van der Waals surface area contributed by atoms with Crippen molar-refractivity contribution in [1.29, 1.82) is 0 Å². The molecule has 1 aromatic carbocycles. The maximum atomic E-state index is 13.0. The molecule has 3 nitrogen and oxygen atoms in total. The van der Waals surface area contributed by atoms with Gasteiger partial charge in [0, 0.05) is 12.0 Å². The minimum atomic E-state index is -0.185. The van der Waals surface area contributed by atoms with Crippen molar-refractivity contribution in [2.45, 2.75) is 37.5 Å². The van der Waals surface area contributed by atoms with Gasteiger partial charge >= 0.3 is 0 Å². The third-order valence-electron chi connectivity index (χ3n) is 4.66. The molecule has 0 unspecified atom stereocenters. The van der Waals surface area contributed by atoms with Gasteiger partial charge in [0.05, 0.1) is 6.54 Å². The Labute approximate surface area is 142 Å². The standard InChI is InChI=1S/C16H22FN3.HI/c17-14-6-4-13(5-7-14)16(8-9-16)11-20-15(18)19-10-12-2-1-3-12;/h4-7,12H,1-3,8-11H2,(H3,18,19,20);1H. The molecule has 0 amide bonds. The Morgan fingerprint density at radius 1 is 1.29 bits per heavy atom. The molecule has 0 radical (unpaired) electrons. The fraction of sp³-hybridized carbons (Fsp3) is 0.562. The van der Waals surface area contributed by atoms with E-state index in [-0.39, 0.29) is 35.2 Å². The molecule has 2 fully saturated rings. The summed E-state index contributed by atoms with van der Waals surface area (Å²) in [5, 5.41) is 3.21. The van der Waals surface area contributed by atoms with Crippen molar-refractivity contribution in [3.63, 3.8) is 0 Å². The molecule has 0 aliphatic heterocycles. The number of rotatable bonds is 5. The zero-order valence-corrected chi connectivity index (χ0v) is 14.5. The summed E-state index contributed by atoms with van der Waals surface area (Å²) < 4.78 is 13.0. The maximum absolute atomic E-state index is 13.0. The van der Waals surface area contributed by atoms with Gasteiger partial charge in [-0.3, -0.25) is 4.99 Å². The lowest BCUT2D eigenvalue weighted by Crippen LogP contribution is -2.37. The summed E-state index contributed by atoms with van der Waals surface area (Å²) in [4.78, 5) is 4.48. The molecule has 3 rings (SSSR count). The van der Waals surface area contributed by atoms with Crippen molar-refractivity contribution in [1.82, 2.24) is 5.32 Å². The second kappa shape index (κ2) is 6.94. The van der Waals surface area contributed by atoms with E-state index in [1.807, 2.05) is 12.1 Å². The second-order valence-corrected chi connectivity index (χ2v) is 6.17. The van der Waals surface area contributed by atoms with Gasteiger partial charge < -0.3 is 11.1 Å². The summed E-state index contributed by atoms with van der Waals surface area (Å²) in [6, 6.07) is 6.79. The molecule has 2 aliphatic rings. The Balaban J connectivity index is 0.00000161. The summed E-state index contributed by atoms with van der Waals surface area (Å²) in [5.41, 5.74) is 7.19. The van der Waals surface area contributed by atoms with Crippen LogP contribution < -0.4 is 11.1 Å². The molecule has 5 heteroatoms. The molecule has 21 heavy (non-hydrogen) atoms. The molecule has 0 atom stereocenters. The first kappa shape index (κ1) is 16.5. The van der Waals surface area contributed by atoms with Crippen LogP contribution >= 0.6 is 24.0 Å². The minimum absolute atomic E-state index is 0. The van der Waals surface area contributed by atoms with Crippen molar-refractivity contribution >= 4 is 29.9 Å². The van der Waals surface area contributed by atoms with Crippen LogP contribution in [0.4, 0.5) is 4.39 Å². The van der Waals surface area contributed by atoms with Crippen LogP contribution in [-0.4, -0.2) is 19.0 Å². The average molecular weight is 403 g/mol. The van der Waals surface area contributed by atoms with Gasteiger partial charge in [0.15, 0.2) is 5.96 Å². The molecule has 0 aromatic heterocycles. The molecule has 0 heterocycles. The third kappa shape index (κ3) is 4.08. The van der Waals surface area contributed by atoms with Gasteiger partial charge in [-0.25, -0.2) is 4.39 Å². The van der Waals surface area contributed by atoms with Gasteiger partial charge in [0.1, 0.15) is 5.82 Å². The summed E-state index contributed by atoms with van der Waals surface area (Å²) in [6.07, 6.45) is 6.17. The van der Waals surface area contributed by atoms with E-state index >= 15 is 0 Å². The van der Waals surface area contributed by atoms with Crippen molar-refractivity contribution < 1.29 is 4.39 Å². The molecule has 0 spiro atoms. The third-order valence-corrected chi connectivity index (χ3v) is 4.66. The highest BCUT2D eigenvalue weighted by molar-refractivity contribution is 14.0. The number of nitrogens with one attached hydrogen (secondary N) is 1. The van der Waals surface area contributed by atoms with Crippen LogP contribution in [0.15, 0.2) is 29.3 Å². The van der Waals surface area contributed by atoms with Gasteiger partial charge in [-0.1, -0.05) is 18.6 Å². The normalized spacial score (nSPS) is 20.3. The van der Waals surface area contributed by atoms with E-state index in [0.29, 0.717) is 12.5 Å². The Morgan fingerprint density at radius 2 is 1.95 bits per heavy atom. The van der Waals surface area contributed by atoms with E-state index < -0.39 is 0 Å². The SMILES string of the molecule is I.NC(=NCC1(c2ccc(F)cc2)CC1)NCC1CCC1. The molecular formula is C16H23FIN3. The van der Waals surface area contributed by atoms with E-state index in [1.165, 1.54) is 37.0 Å². The highest BCUT2D eigenvalue weighted by atomic mass is 127. The van der Waals surface area contributed by atoms with Crippen LogP contribution in [0, 0.1) is 11.7 Å². The Morgan fingerprint density at radius 3 is 2.48 bits per heavy atom. The number of benzene rings is 1. The van der Waals surface area contributed by atoms with Gasteiger partial charge in [-0.15, -0.1) is 24.0 Å². The van der Waals surface area contributed by atoms with Crippen LogP contribution in [0.2, 0.25) is 0 Å². The number of hydrogen-bond acceptors (Lipinski definition) is 1. The molecule has 1 aromatic rings. The van der Waals surface area contributed by atoms with E-state index in [1.54, 1.807) is 0 Å². The van der Waals surface area contributed by atoms with Crippen molar-refractivity contribution in [2.24, 2.45) is 16.6 Å². The predicted molar refractivity (Wildman–Crippen MR) is 94.6 cm³/mol. The van der Waals surface area contributed by atoms with Crippen LogP contribution in [0.1, 0.15) is 37.7 Å². The first-order valence-electron chi connectivity index (χ1n) is 7.48. The number of aliphatic imine (C=N–C) groups is 1. The van der Waals surface area contributed by atoms with Crippen molar-refractivity contribution in [3.8, 4) is 0 Å². The Bertz CT molecular complexity index is 493. The molecule has 2 aliphatic carbocycles. The molecule has 116 valence electrons. The zero-order chi connectivity index (χ0) is 14.0. The number of nitrogens with zero attached hydrogens (tertiary/aromatic N) is 1. The lowest BCUT2D eigenvalue weighted by molar-refractivity contribution is 0.315. The molecule has 0 saturated heterocycles. The van der Waals surface area contributed by atoms with Crippen LogP contribution in [0.25, 0.3) is 0 Å². The number of nitrogens with two attached hydrogens (primary N) is 1. The summed E-state index contributed by atoms with van der Waals surface area (Å²) in [7, 11) is 0. The van der Waals surface area contributed by atoms with E-state index in [0.717, 1.165) is 25.3 Å². The maximum Gasteiger partial charge on any atom is 0.188 e. The molecular weight excluding hydrogens is 380 g/mol. The van der Waals surface area contributed by atoms with Crippen LogP contribution in [0.5, 0.6) is 0 Å². The molecule has 2 saturated carbocycles. The minimum Gasteiger partial charge on any atom is -0.370 e. The highest BCUT2D eigenvalue weighted by Crippen LogP contribution is 2.48. The monoisotopic (exact) mass is 403 g/mol. The van der Waals surface area contributed by atoms with E-state index in [2.05, 4.69) is 10.3 Å². The van der Waals surface area contributed by atoms with Gasteiger partial charge in [0.2, 0.25) is 0 Å². The Hall–Kier alpha value is -0.850. The lowest BCUT2D eigenvalue weighted by Gasteiger charge is -2.25. The first-order valence-corrected chi connectivity index (χ1v) is 7.48. The topological polar surface area (TPSA) is 50.4 Å². The van der Waals surface area contributed by atoms with Crippen molar-refractivity contribution in [2.75, 3.05) is 13.1 Å². The highest BCUT2D eigenvalue weighted by Gasteiger charge is 2.44. The largest absolute Gasteiger partial charge is 0.370 e. The quantitative estimate of drug-likeness (QED) is 0.451. The zero-order valence-electron chi connectivity index (χ0n) is 12.1. The Kier molecular flexibility index (Phi) is 5.46. The van der Waals surface area contributed by atoms with Gasteiger partial charge in [0.25, 0.3) is 0 Å². The average Bonchev–Trinajstić information content (AvgIpc) is 3.16. The van der Waals surface area contributed by atoms with Gasteiger partial charge in [-0.2, -0.15) is 0 Å². The predicted octanol–water partition coefficient (Wildman–Crippen LogP) is 3.18. The van der Waals surface area contributed by atoms with Crippen molar-refractivity contribution in [3.05, 3.63) is 35.6 Å². The lowest BCUT2D eigenvalue weighted by atomic mass is 9.85. The summed E-state index contributed by atoms with van der Waals surface area (Å²) in [5.74, 6) is 1.13. The number of halogens is 2. The van der Waals surface area contributed by atoms with E-state index in [4.69, 9.17) is 5.73 Å².